The van der Waals surface area contributed by atoms with E-state index in [0.717, 1.165) is 55.7 Å². The molecule has 15 heteroatoms. The number of halogens is 3. The van der Waals surface area contributed by atoms with E-state index in [1.807, 2.05) is 30.3 Å². The van der Waals surface area contributed by atoms with Gasteiger partial charge in [0.15, 0.2) is 5.82 Å². The van der Waals surface area contributed by atoms with Gasteiger partial charge in [-0.05, 0) is 42.5 Å². The standard InChI is InChI=1S/C31H33F3N8O4/c32-31(33,34)25-15-42(28(44)16-43)8-7-27(25)46-26-6-1-20(13-21(26)14-35)29-36-19-37-30(39-29)38-22-2-4-23(5-3-22)40-9-11-41(12-10-40)24-17-45-18-24/h1-6,13,19,24-25,27,43H,7-12,15-18H2,(H,36,37,38,39)/t25-,27?/m1/s1. The molecule has 2 aromatic carbocycles. The van der Waals surface area contributed by atoms with Gasteiger partial charge in [0, 0.05) is 62.6 Å². The smallest absolute Gasteiger partial charge is 0.397 e. The minimum absolute atomic E-state index is 0.00641. The first-order chi connectivity index (χ1) is 22.2. The number of alkyl halides is 3. The summed E-state index contributed by atoms with van der Waals surface area (Å²) in [5, 5.41) is 22.0. The first-order valence-corrected chi connectivity index (χ1v) is 15.0. The number of aliphatic hydroxyl groups is 1. The van der Waals surface area contributed by atoms with Crippen molar-refractivity contribution in [2.24, 2.45) is 5.92 Å². The second-order valence-corrected chi connectivity index (χ2v) is 11.4. The molecule has 2 atom stereocenters. The fraction of sp³-hybridized carbons (Fsp3) is 0.452. The number of carbonyl (C=O) groups is 1. The van der Waals surface area contributed by atoms with Crippen LogP contribution in [0.4, 0.5) is 30.5 Å². The van der Waals surface area contributed by atoms with Gasteiger partial charge in [-0.3, -0.25) is 9.69 Å². The summed E-state index contributed by atoms with van der Waals surface area (Å²) in [4.78, 5) is 30.5. The van der Waals surface area contributed by atoms with Gasteiger partial charge in [0.25, 0.3) is 0 Å². The average Bonchev–Trinajstić information content (AvgIpc) is 3.04. The number of nitriles is 1. The number of hydrogen-bond acceptors (Lipinski definition) is 11. The second-order valence-electron chi connectivity index (χ2n) is 11.4. The molecule has 0 bridgehead atoms. The molecule has 3 aromatic rings. The molecule has 0 saturated carbocycles. The van der Waals surface area contributed by atoms with Gasteiger partial charge in [-0.1, -0.05) is 0 Å². The Hall–Kier alpha value is -4.52. The minimum atomic E-state index is -4.65. The van der Waals surface area contributed by atoms with Crippen LogP contribution in [0.15, 0.2) is 48.8 Å². The van der Waals surface area contributed by atoms with E-state index >= 15 is 0 Å². The van der Waals surface area contributed by atoms with Crippen LogP contribution in [0, 0.1) is 17.2 Å². The first-order valence-electron chi connectivity index (χ1n) is 15.0. The molecule has 46 heavy (non-hydrogen) atoms. The molecule has 12 nitrogen and oxygen atoms in total. The summed E-state index contributed by atoms with van der Waals surface area (Å²) in [6.07, 6.45) is -4.75. The van der Waals surface area contributed by atoms with Crippen LogP contribution in [0.1, 0.15) is 12.0 Å². The molecule has 0 spiro atoms. The molecule has 3 aliphatic heterocycles. The van der Waals surface area contributed by atoms with Crippen LogP contribution in [0.3, 0.4) is 0 Å². The maximum atomic E-state index is 13.9. The second kappa shape index (κ2) is 13.5. The zero-order chi connectivity index (χ0) is 32.3. The molecule has 1 aromatic heterocycles. The molecule has 3 aliphatic rings. The van der Waals surface area contributed by atoms with E-state index in [1.54, 1.807) is 6.07 Å². The molecule has 1 unspecified atom stereocenters. The van der Waals surface area contributed by atoms with Crippen LogP contribution >= 0.6 is 0 Å². The Morgan fingerprint density at radius 2 is 1.85 bits per heavy atom. The van der Waals surface area contributed by atoms with Crippen molar-refractivity contribution < 1.29 is 32.5 Å². The van der Waals surface area contributed by atoms with E-state index in [1.165, 1.54) is 18.5 Å². The summed E-state index contributed by atoms with van der Waals surface area (Å²) in [6.45, 7) is 4.03. The summed E-state index contributed by atoms with van der Waals surface area (Å²) < 4.78 is 52.7. The largest absolute Gasteiger partial charge is 0.488 e. The SMILES string of the molecule is N#Cc1cc(-c2ncnc(Nc3ccc(N4CCN(C5COC5)CC4)cc3)n2)ccc1OC1CCN(C(=O)CO)C[C@H]1C(F)(F)F. The van der Waals surface area contributed by atoms with Crippen molar-refractivity contribution in [1.82, 2.24) is 24.8 Å². The quantitative estimate of drug-likeness (QED) is 0.377. The number of nitrogens with one attached hydrogen (secondary N) is 1. The Morgan fingerprint density at radius 1 is 1.09 bits per heavy atom. The normalized spacial score (nSPS) is 20.9. The number of aromatic nitrogens is 3. The molecule has 6 rings (SSSR count). The first kappa shape index (κ1) is 31.5. The molecule has 0 aliphatic carbocycles. The van der Waals surface area contributed by atoms with E-state index in [9.17, 15) is 23.2 Å². The highest BCUT2D eigenvalue weighted by Crippen LogP contribution is 2.37. The third-order valence-electron chi connectivity index (χ3n) is 8.61. The zero-order valence-corrected chi connectivity index (χ0v) is 24.9. The number of hydrogen-bond donors (Lipinski definition) is 2. The van der Waals surface area contributed by atoms with Gasteiger partial charge in [0.05, 0.1) is 24.8 Å². The Kier molecular flexibility index (Phi) is 9.20. The third kappa shape index (κ3) is 6.99. The molecule has 0 radical (unpaired) electrons. The lowest BCUT2D eigenvalue weighted by Gasteiger charge is -2.43. The maximum Gasteiger partial charge on any atom is 0.397 e. The molecule has 3 fully saturated rings. The fourth-order valence-electron chi connectivity index (χ4n) is 5.89. The van der Waals surface area contributed by atoms with E-state index in [-0.39, 0.29) is 36.1 Å². The maximum absolute atomic E-state index is 13.9. The van der Waals surface area contributed by atoms with Gasteiger partial charge >= 0.3 is 6.18 Å². The number of amides is 1. The highest BCUT2D eigenvalue weighted by Gasteiger charge is 2.49. The van der Waals surface area contributed by atoms with Crippen molar-refractivity contribution in [3.63, 3.8) is 0 Å². The Morgan fingerprint density at radius 3 is 2.50 bits per heavy atom. The molecule has 3 saturated heterocycles. The molecule has 242 valence electrons. The van der Waals surface area contributed by atoms with E-state index in [0.29, 0.717) is 11.6 Å². The molecule has 4 heterocycles. The lowest BCUT2D eigenvalue weighted by atomic mass is 9.93. The molecule has 1 amide bonds. The van der Waals surface area contributed by atoms with Crippen molar-refractivity contribution in [3.8, 4) is 23.2 Å². The number of likely N-dealkylation sites (tertiary alicyclic amines) is 1. The summed E-state index contributed by atoms with van der Waals surface area (Å²) in [5.74, 6) is -2.23. The average molecular weight is 639 g/mol. The fourth-order valence-corrected chi connectivity index (χ4v) is 5.89. The number of ether oxygens (including phenoxy) is 2. The van der Waals surface area contributed by atoms with Crippen molar-refractivity contribution in [3.05, 3.63) is 54.4 Å². The lowest BCUT2D eigenvalue weighted by molar-refractivity contribution is -0.210. The Bertz CT molecular complexity index is 1570. The highest BCUT2D eigenvalue weighted by atomic mass is 19.4. The number of carbonyl (C=O) groups excluding carboxylic acids is 1. The third-order valence-corrected chi connectivity index (χ3v) is 8.61. The lowest BCUT2D eigenvalue weighted by Crippen LogP contribution is -2.56. The van der Waals surface area contributed by atoms with E-state index in [2.05, 4.69) is 30.1 Å². The van der Waals surface area contributed by atoms with Crippen molar-refractivity contribution in [2.45, 2.75) is 24.7 Å². The number of piperidine rings is 1. The van der Waals surface area contributed by atoms with Gasteiger partial charge in [-0.15, -0.1) is 0 Å². The van der Waals surface area contributed by atoms with Gasteiger partial charge in [-0.2, -0.15) is 23.4 Å². The van der Waals surface area contributed by atoms with Crippen molar-refractivity contribution in [2.75, 3.05) is 69.3 Å². The zero-order valence-electron chi connectivity index (χ0n) is 24.9. The summed E-state index contributed by atoms with van der Waals surface area (Å²) in [6, 6.07) is 14.9. The van der Waals surface area contributed by atoms with Gasteiger partial charge in [0.2, 0.25) is 11.9 Å². The van der Waals surface area contributed by atoms with Gasteiger partial charge in [0.1, 0.15) is 36.8 Å². The highest BCUT2D eigenvalue weighted by molar-refractivity contribution is 5.77. The molecular weight excluding hydrogens is 605 g/mol. The van der Waals surface area contributed by atoms with Gasteiger partial charge in [-0.25, -0.2) is 9.97 Å². The molecule has 2 N–H and O–H groups in total. The monoisotopic (exact) mass is 638 g/mol. The van der Waals surface area contributed by atoms with Crippen LogP contribution < -0.4 is 15.0 Å². The van der Waals surface area contributed by atoms with Crippen LogP contribution in [0.25, 0.3) is 11.4 Å². The van der Waals surface area contributed by atoms with Crippen LogP contribution in [0.5, 0.6) is 5.75 Å². The minimum Gasteiger partial charge on any atom is -0.488 e. The Labute approximate surface area is 263 Å². The topological polar surface area (TPSA) is 140 Å². The number of benzene rings is 2. The van der Waals surface area contributed by atoms with Crippen molar-refractivity contribution in [1.29, 1.82) is 5.26 Å². The number of nitrogens with zero attached hydrogens (tertiary/aromatic N) is 7. The number of piperazine rings is 1. The van der Waals surface area contributed by atoms with Crippen LogP contribution in [-0.2, 0) is 9.53 Å². The van der Waals surface area contributed by atoms with E-state index in [4.69, 9.17) is 14.6 Å². The number of rotatable bonds is 8. The predicted octanol–water partition coefficient (Wildman–Crippen LogP) is 2.83. The van der Waals surface area contributed by atoms with Crippen LogP contribution in [0.2, 0.25) is 0 Å². The van der Waals surface area contributed by atoms with Crippen LogP contribution in [-0.4, -0.2) is 113 Å². The number of aliphatic hydroxyl groups excluding tert-OH is 1. The van der Waals surface area contributed by atoms with Crippen molar-refractivity contribution >= 4 is 23.2 Å². The molecular formula is C31H33F3N8O4. The number of anilines is 3. The van der Waals surface area contributed by atoms with Gasteiger partial charge < -0.3 is 29.7 Å². The Balaban J connectivity index is 1.11. The van der Waals surface area contributed by atoms with E-state index < -0.39 is 37.3 Å². The summed E-state index contributed by atoms with van der Waals surface area (Å²) in [7, 11) is 0. The summed E-state index contributed by atoms with van der Waals surface area (Å²) in [5.41, 5.74) is 2.37. The summed E-state index contributed by atoms with van der Waals surface area (Å²) >= 11 is 0. The predicted molar refractivity (Wildman–Crippen MR) is 160 cm³/mol.